The van der Waals surface area contributed by atoms with E-state index < -0.39 is 0 Å². The Hall–Kier alpha value is -0.0100. The first-order chi connectivity index (χ1) is 6.00. The molecule has 0 bridgehead atoms. The monoisotopic (exact) mass is 260 g/mol. The normalized spacial score (nSPS) is 10.6. The minimum atomic E-state index is 0.578. The fraction of sp³-hybridized carbons (Fsp3) is 0.455. The van der Waals surface area contributed by atoms with Crippen molar-refractivity contribution < 1.29 is 0 Å². The fourth-order valence-electron chi connectivity index (χ4n) is 1.50. The molecule has 2 heteroatoms. The molecule has 0 saturated heterocycles. The number of hydrogen-bond donors (Lipinski definition) is 0. The van der Waals surface area contributed by atoms with Gasteiger partial charge in [0.15, 0.2) is 0 Å². The van der Waals surface area contributed by atoms with Gasteiger partial charge in [-0.3, -0.25) is 0 Å². The number of benzene rings is 1. The largest absolute Gasteiger partial charge is 0.121 e. The first-order valence-electron chi connectivity index (χ1n) is 4.31. The van der Waals surface area contributed by atoms with Crippen LogP contribution in [-0.4, -0.2) is 0 Å². The average Bonchev–Trinajstić information content (AvgIpc) is 2.13. The van der Waals surface area contributed by atoms with Crippen LogP contribution in [0, 0.1) is 27.7 Å². The Morgan fingerprint density at radius 1 is 0.923 bits per heavy atom. The van der Waals surface area contributed by atoms with Crippen molar-refractivity contribution in [2.45, 2.75) is 33.6 Å². The summed E-state index contributed by atoms with van der Waals surface area (Å²) in [5.74, 6) is 0.578. The quantitative estimate of drug-likeness (QED) is 0.657. The summed E-state index contributed by atoms with van der Waals surface area (Å²) in [6.07, 6.45) is 0. The zero-order valence-corrected chi connectivity index (χ0v) is 10.8. The third-order valence-electron chi connectivity index (χ3n) is 2.87. The standard InChI is InChI=1S/C11H14BrCl/c1-6-7(2)9(4)11(12)10(5-13)8(6)3/h5H2,1-4H3. The maximum atomic E-state index is 5.90. The molecule has 1 aromatic rings. The molecular weight excluding hydrogens is 247 g/mol. The molecule has 0 heterocycles. The molecule has 0 aliphatic heterocycles. The minimum absolute atomic E-state index is 0.578. The summed E-state index contributed by atoms with van der Waals surface area (Å²) in [6.45, 7) is 8.56. The number of hydrogen-bond acceptors (Lipinski definition) is 0. The summed E-state index contributed by atoms with van der Waals surface area (Å²) in [6, 6.07) is 0. The Bertz CT molecular complexity index is 313. The third-order valence-corrected chi connectivity index (χ3v) is 4.21. The summed E-state index contributed by atoms with van der Waals surface area (Å²) >= 11 is 9.50. The molecule has 1 aromatic carbocycles. The van der Waals surface area contributed by atoms with Crippen LogP contribution >= 0.6 is 27.5 Å². The molecule has 0 aromatic heterocycles. The van der Waals surface area contributed by atoms with Gasteiger partial charge in [0.1, 0.15) is 0 Å². The summed E-state index contributed by atoms with van der Waals surface area (Å²) in [4.78, 5) is 0. The fourth-order valence-corrected chi connectivity index (χ4v) is 2.73. The molecule has 13 heavy (non-hydrogen) atoms. The summed E-state index contributed by atoms with van der Waals surface area (Å²) in [5.41, 5.74) is 6.56. The van der Waals surface area contributed by atoms with Crippen LogP contribution in [0.15, 0.2) is 4.47 Å². The van der Waals surface area contributed by atoms with Gasteiger partial charge in [0.25, 0.3) is 0 Å². The van der Waals surface area contributed by atoms with E-state index in [0.29, 0.717) is 5.88 Å². The van der Waals surface area contributed by atoms with Crippen molar-refractivity contribution in [2.24, 2.45) is 0 Å². The lowest BCUT2D eigenvalue weighted by Crippen LogP contribution is -1.98. The van der Waals surface area contributed by atoms with E-state index in [0.717, 1.165) is 0 Å². The summed E-state index contributed by atoms with van der Waals surface area (Å²) in [7, 11) is 0. The topological polar surface area (TPSA) is 0 Å². The Morgan fingerprint density at radius 3 is 1.85 bits per heavy atom. The third kappa shape index (κ3) is 1.77. The molecule has 0 aliphatic carbocycles. The average molecular weight is 262 g/mol. The smallest absolute Gasteiger partial charge is 0.0488 e. The van der Waals surface area contributed by atoms with Crippen LogP contribution < -0.4 is 0 Å². The number of rotatable bonds is 1. The van der Waals surface area contributed by atoms with Gasteiger partial charge in [-0.15, -0.1) is 11.6 Å². The van der Waals surface area contributed by atoms with E-state index in [1.54, 1.807) is 0 Å². The Balaban J connectivity index is 3.56. The van der Waals surface area contributed by atoms with Gasteiger partial charge in [-0.2, -0.15) is 0 Å². The molecule has 0 saturated carbocycles. The second-order valence-corrected chi connectivity index (χ2v) is 4.49. The van der Waals surface area contributed by atoms with Gasteiger partial charge in [0, 0.05) is 10.4 Å². The first kappa shape index (κ1) is 11.1. The van der Waals surface area contributed by atoms with Crippen LogP contribution in [0.5, 0.6) is 0 Å². The summed E-state index contributed by atoms with van der Waals surface area (Å²) in [5, 5.41) is 0. The van der Waals surface area contributed by atoms with Crippen LogP contribution in [0.2, 0.25) is 0 Å². The highest BCUT2D eigenvalue weighted by Gasteiger charge is 2.11. The molecule has 0 unspecified atom stereocenters. The van der Waals surface area contributed by atoms with E-state index in [9.17, 15) is 0 Å². The van der Waals surface area contributed by atoms with Gasteiger partial charge in [0.05, 0.1) is 0 Å². The number of halogens is 2. The second kappa shape index (κ2) is 4.02. The Labute approximate surface area is 93.4 Å². The van der Waals surface area contributed by atoms with Gasteiger partial charge in [-0.25, -0.2) is 0 Å². The Morgan fingerprint density at radius 2 is 1.38 bits per heavy atom. The van der Waals surface area contributed by atoms with Gasteiger partial charge >= 0.3 is 0 Å². The summed E-state index contributed by atoms with van der Waals surface area (Å²) < 4.78 is 1.17. The predicted molar refractivity (Wildman–Crippen MR) is 62.6 cm³/mol. The molecule has 1 rings (SSSR count). The van der Waals surface area contributed by atoms with Crippen molar-refractivity contribution >= 4 is 27.5 Å². The van der Waals surface area contributed by atoms with Crippen molar-refractivity contribution in [3.8, 4) is 0 Å². The van der Waals surface area contributed by atoms with Crippen LogP contribution in [0.1, 0.15) is 27.8 Å². The van der Waals surface area contributed by atoms with Crippen LogP contribution in [0.25, 0.3) is 0 Å². The molecule has 0 radical (unpaired) electrons. The molecule has 0 N–H and O–H groups in total. The molecule has 0 atom stereocenters. The van der Waals surface area contributed by atoms with Crippen molar-refractivity contribution in [2.75, 3.05) is 0 Å². The van der Waals surface area contributed by atoms with E-state index in [1.165, 1.54) is 32.3 Å². The molecule has 0 fully saturated rings. The highest BCUT2D eigenvalue weighted by molar-refractivity contribution is 9.10. The molecular formula is C11H14BrCl. The first-order valence-corrected chi connectivity index (χ1v) is 5.64. The van der Waals surface area contributed by atoms with Gasteiger partial charge in [0.2, 0.25) is 0 Å². The SMILES string of the molecule is Cc1c(C)c(C)c(CCl)c(Br)c1C. The maximum Gasteiger partial charge on any atom is 0.0488 e. The highest BCUT2D eigenvalue weighted by atomic mass is 79.9. The predicted octanol–water partition coefficient (Wildman–Crippen LogP) is 4.42. The lowest BCUT2D eigenvalue weighted by molar-refractivity contribution is 1.14. The number of alkyl halides is 1. The Kier molecular flexibility index (Phi) is 3.42. The van der Waals surface area contributed by atoms with Gasteiger partial charge < -0.3 is 0 Å². The lowest BCUT2D eigenvalue weighted by atomic mass is 9.95. The van der Waals surface area contributed by atoms with Crippen molar-refractivity contribution in [3.63, 3.8) is 0 Å². The molecule has 72 valence electrons. The molecule has 0 aliphatic rings. The minimum Gasteiger partial charge on any atom is -0.121 e. The van der Waals surface area contributed by atoms with Crippen molar-refractivity contribution in [1.29, 1.82) is 0 Å². The maximum absolute atomic E-state index is 5.90. The van der Waals surface area contributed by atoms with Crippen LogP contribution in [0.4, 0.5) is 0 Å². The van der Waals surface area contributed by atoms with Gasteiger partial charge in [-0.05, 0) is 55.5 Å². The van der Waals surface area contributed by atoms with E-state index in [1.807, 2.05) is 0 Å². The lowest BCUT2D eigenvalue weighted by Gasteiger charge is -2.15. The van der Waals surface area contributed by atoms with Crippen molar-refractivity contribution in [3.05, 3.63) is 32.3 Å². The van der Waals surface area contributed by atoms with E-state index in [-0.39, 0.29) is 0 Å². The molecule has 0 amide bonds. The van der Waals surface area contributed by atoms with Crippen LogP contribution in [-0.2, 0) is 5.88 Å². The van der Waals surface area contributed by atoms with Gasteiger partial charge in [-0.1, -0.05) is 15.9 Å². The van der Waals surface area contributed by atoms with E-state index >= 15 is 0 Å². The van der Waals surface area contributed by atoms with Crippen molar-refractivity contribution in [1.82, 2.24) is 0 Å². The van der Waals surface area contributed by atoms with E-state index in [2.05, 4.69) is 43.6 Å². The highest BCUT2D eigenvalue weighted by Crippen LogP contribution is 2.31. The zero-order valence-electron chi connectivity index (χ0n) is 8.46. The molecule has 0 spiro atoms. The second-order valence-electron chi connectivity index (χ2n) is 3.43. The molecule has 0 nitrogen and oxygen atoms in total. The van der Waals surface area contributed by atoms with Crippen LogP contribution in [0.3, 0.4) is 0 Å². The van der Waals surface area contributed by atoms with E-state index in [4.69, 9.17) is 11.6 Å². The zero-order chi connectivity index (χ0) is 10.2.